The maximum atomic E-state index is 9.57. The lowest BCUT2D eigenvalue weighted by molar-refractivity contribution is -0.0330. The molecule has 0 aromatic heterocycles. The Hall–Kier alpha value is -0.0800. The molecule has 2 atom stereocenters. The van der Waals surface area contributed by atoms with E-state index in [0.717, 1.165) is 12.8 Å². The molecular formula is C15H31O2. The Morgan fingerprint density at radius 2 is 1.65 bits per heavy atom. The van der Waals surface area contributed by atoms with E-state index >= 15 is 0 Å². The maximum absolute atomic E-state index is 9.57. The zero-order chi connectivity index (χ0) is 12.9. The van der Waals surface area contributed by atoms with E-state index in [0.29, 0.717) is 6.61 Å². The van der Waals surface area contributed by atoms with Crippen LogP contribution in [-0.2, 0) is 4.74 Å². The first kappa shape index (κ1) is 16.9. The highest BCUT2D eigenvalue weighted by Crippen LogP contribution is 2.13. The number of hydrogen-bond acceptors (Lipinski definition) is 2. The van der Waals surface area contributed by atoms with Crippen molar-refractivity contribution in [2.45, 2.75) is 83.8 Å². The molecule has 0 aromatic carbocycles. The Labute approximate surface area is 108 Å². The molecule has 0 rings (SSSR count). The van der Waals surface area contributed by atoms with E-state index in [2.05, 4.69) is 13.8 Å². The molecule has 2 nitrogen and oxygen atoms in total. The molecule has 0 fully saturated rings. The van der Waals surface area contributed by atoms with Gasteiger partial charge in [-0.2, -0.15) is 0 Å². The van der Waals surface area contributed by atoms with Gasteiger partial charge in [0, 0.05) is 6.61 Å². The van der Waals surface area contributed by atoms with Crippen LogP contribution in [0.3, 0.4) is 0 Å². The van der Waals surface area contributed by atoms with E-state index in [1.165, 1.54) is 44.9 Å². The minimum atomic E-state index is -0.360. The summed E-state index contributed by atoms with van der Waals surface area (Å²) < 4.78 is 5.59. The SMILES string of the molecule is [CH2]CCOC(CCCCCCCCC)C(C)O. The summed E-state index contributed by atoms with van der Waals surface area (Å²) in [5.41, 5.74) is 0. The summed E-state index contributed by atoms with van der Waals surface area (Å²) in [6, 6.07) is 0. The molecule has 103 valence electrons. The Morgan fingerprint density at radius 1 is 1.06 bits per heavy atom. The highest BCUT2D eigenvalue weighted by molar-refractivity contribution is 4.65. The molecule has 0 aliphatic heterocycles. The van der Waals surface area contributed by atoms with Crippen LogP contribution >= 0.6 is 0 Å². The second-order valence-electron chi connectivity index (χ2n) is 4.91. The molecule has 1 N–H and O–H groups in total. The number of aliphatic hydroxyl groups is 1. The maximum Gasteiger partial charge on any atom is 0.0831 e. The fraction of sp³-hybridized carbons (Fsp3) is 0.933. The van der Waals surface area contributed by atoms with Crippen LogP contribution in [0.15, 0.2) is 0 Å². The highest BCUT2D eigenvalue weighted by Gasteiger charge is 2.14. The van der Waals surface area contributed by atoms with E-state index in [1.54, 1.807) is 0 Å². The first-order chi connectivity index (χ1) is 8.22. The van der Waals surface area contributed by atoms with Gasteiger partial charge in [0.05, 0.1) is 12.2 Å². The number of ether oxygens (including phenoxy) is 1. The average molecular weight is 243 g/mol. The van der Waals surface area contributed by atoms with Crippen LogP contribution in [0.25, 0.3) is 0 Å². The second kappa shape index (κ2) is 12.4. The van der Waals surface area contributed by atoms with Crippen LogP contribution in [0.1, 0.15) is 71.6 Å². The molecule has 2 unspecified atom stereocenters. The Morgan fingerprint density at radius 3 is 2.18 bits per heavy atom. The summed E-state index contributed by atoms with van der Waals surface area (Å²) in [6.45, 7) is 8.47. The van der Waals surface area contributed by atoms with Crippen LogP contribution < -0.4 is 0 Å². The smallest absolute Gasteiger partial charge is 0.0831 e. The van der Waals surface area contributed by atoms with Crippen molar-refractivity contribution in [3.8, 4) is 0 Å². The lowest BCUT2D eigenvalue weighted by Gasteiger charge is -2.20. The van der Waals surface area contributed by atoms with Crippen molar-refractivity contribution in [3.63, 3.8) is 0 Å². The van der Waals surface area contributed by atoms with Gasteiger partial charge in [0.1, 0.15) is 0 Å². The predicted molar refractivity (Wildman–Crippen MR) is 74.0 cm³/mol. The summed E-state index contributed by atoms with van der Waals surface area (Å²) in [6.07, 6.45) is 10.6. The number of rotatable bonds is 12. The van der Waals surface area contributed by atoms with Crippen molar-refractivity contribution in [1.82, 2.24) is 0 Å². The van der Waals surface area contributed by atoms with Crippen LogP contribution in [0.4, 0.5) is 0 Å². The lowest BCUT2D eigenvalue weighted by Crippen LogP contribution is -2.26. The summed E-state index contributed by atoms with van der Waals surface area (Å²) in [5, 5.41) is 9.57. The third kappa shape index (κ3) is 10.8. The molecular weight excluding hydrogens is 212 g/mol. The van der Waals surface area contributed by atoms with Gasteiger partial charge < -0.3 is 9.84 Å². The summed E-state index contributed by atoms with van der Waals surface area (Å²) in [4.78, 5) is 0. The zero-order valence-electron chi connectivity index (χ0n) is 11.8. The number of unbranched alkanes of at least 4 members (excludes halogenated alkanes) is 6. The Kier molecular flexibility index (Phi) is 12.3. The average Bonchev–Trinajstić information content (AvgIpc) is 2.31. The van der Waals surface area contributed by atoms with Gasteiger partial charge in [-0.25, -0.2) is 0 Å². The van der Waals surface area contributed by atoms with E-state index in [9.17, 15) is 5.11 Å². The van der Waals surface area contributed by atoms with E-state index in [1.807, 2.05) is 6.92 Å². The third-order valence-corrected chi connectivity index (χ3v) is 3.11. The summed E-state index contributed by atoms with van der Waals surface area (Å²) in [5.74, 6) is 0. The summed E-state index contributed by atoms with van der Waals surface area (Å²) in [7, 11) is 0. The number of hydrogen-bond donors (Lipinski definition) is 1. The fourth-order valence-corrected chi connectivity index (χ4v) is 2.00. The third-order valence-electron chi connectivity index (χ3n) is 3.11. The molecule has 0 saturated carbocycles. The molecule has 2 heteroatoms. The lowest BCUT2D eigenvalue weighted by atomic mass is 10.0. The molecule has 0 amide bonds. The van der Waals surface area contributed by atoms with Crippen molar-refractivity contribution in [2.75, 3.05) is 6.61 Å². The Balaban J connectivity index is 3.41. The molecule has 0 spiro atoms. The van der Waals surface area contributed by atoms with E-state index in [-0.39, 0.29) is 12.2 Å². The first-order valence-electron chi connectivity index (χ1n) is 7.31. The standard InChI is InChI=1S/C15H31O2/c1-4-6-7-8-9-10-11-12-15(14(3)16)17-13-5-2/h14-16H,2,4-13H2,1,3H3. The summed E-state index contributed by atoms with van der Waals surface area (Å²) >= 11 is 0. The topological polar surface area (TPSA) is 29.5 Å². The minimum Gasteiger partial charge on any atom is -0.391 e. The fourth-order valence-electron chi connectivity index (χ4n) is 2.00. The van der Waals surface area contributed by atoms with Gasteiger partial charge in [0.2, 0.25) is 0 Å². The molecule has 0 aliphatic carbocycles. The monoisotopic (exact) mass is 243 g/mol. The molecule has 1 radical (unpaired) electrons. The first-order valence-corrected chi connectivity index (χ1v) is 7.31. The Bertz CT molecular complexity index is 146. The normalized spacial score (nSPS) is 14.8. The number of aliphatic hydroxyl groups excluding tert-OH is 1. The van der Waals surface area contributed by atoms with Crippen LogP contribution in [0.5, 0.6) is 0 Å². The molecule has 0 saturated heterocycles. The van der Waals surface area contributed by atoms with Crippen molar-refractivity contribution in [2.24, 2.45) is 0 Å². The highest BCUT2D eigenvalue weighted by atomic mass is 16.5. The van der Waals surface area contributed by atoms with Gasteiger partial charge in [-0.1, -0.05) is 58.8 Å². The van der Waals surface area contributed by atoms with Crippen molar-refractivity contribution in [1.29, 1.82) is 0 Å². The zero-order valence-corrected chi connectivity index (χ0v) is 11.8. The minimum absolute atomic E-state index is 0.00684. The van der Waals surface area contributed by atoms with Crippen molar-refractivity contribution >= 4 is 0 Å². The molecule has 0 heterocycles. The van der Waals surface area contributed by atoms with Gasteiger partial charge in [0.25, 0.3) is 0 Å². The molecule has 0 aromatic rings. The molecule has 17 heavy (non-hydrogen) atoms. The molecule has 0 bridgehead atoms. The van der Waals surface area contributed by atoms with Crippen molar-refractivity contribution < 1.29 is 9.84 Å². The van der Waals surface area contributed by atoms with Gasteiger partial charge in [-0.05, 0) is 19.8 Å². The molecule has 0 aliphatic rings. The van der Waals surface area contributed by atoms with Crippen LogP contribution in [-0.4, -0.2) is 23.9 Å². The van der Waals surface area contributed by atoms with Gasteiger partial charge in [-0.15, -0.1) is 0 Å². The van der Waals surface area contributed by atoms with Gasteiger partial charge >= 0.3 is 0 Å². The van der Waals surface area contributed by atoms with Crippen LogP contribution in [0.2, 0.25) is 0 Å². The van der Waals surface area contributed by atoms with Gasteiger partial charge in [-0.3, -0.25) is 0 Å². The van der Waals surface area contributed by atoms with Crippen molar-refractivity contribution in [3.05, 3.63) is 6.92 Å². The van der Waals surface area contributed by atoms with Crippen LogP contribution in [0, 0.1) is 6.92 Å². The van der Waals surface area contributed by atoms with Gasteiger partial charge in [0.15, 0.2) is 0 Å². The largest absolute Gasteiger partial charge is 0.391 e. The second-order valence-corrected chi connectivity index (χ2v) is 4.91. The van der Waals surface area contributed by atoms with E-state index in [4.69, 9.17) is 4.74 Å². The van der Waals surface area contributed by atoms with E-state index < -0.39 is 0 Å². The quantitative estimate of drug-likeness (QED) is 0.523. The predicted octanol–water partition coefficient (Wildman–Crippen LogP) is 4.12.